The molecule has 0 fully saturated rings. The Labute approximate surface area is 332 Å². The third-order valence-electron chi connectivity index (χ3n) is 8.20. The maximum atomic E-state index is 12.5. The average molecular weight is 809 g/mol. The number of hydrogen-bond acceptors (Lipinski definition) is 6. The number of anilines is 2. The highest BCUT2D eigenvalue weighted by Crippen LogP contribution is 2.35. The van der Waals surface area contributed by atoms with Gasteiger partial charge in [-0.3, -0.25) is 19.7 Å². The number of rotatable bonds is 7. The quantitative estimate of drug-likeness (QED) is 0.0926. The number of amides is 2. The lowest BCUT2D eigenvalue weighted by molar-refractivity contribution is -0.384. The highest BCUT2D eigenvalue weighted by Gasteiger charge is 2.22. The molecule has 6 aromatic carbocycles. The topological polar surface area (TPSA) is 159 Å². The van der Waals surface area contributed by atoms with E-state index in [1.807, 2.05) is 30.3 Å². The zero-order chi connectivity index (χ0) is 38.6. The number of nitrogens with zero attached hydrogens (tertiary/aromatic N) is 3. The van der Waals surface area contributed by atoms with E-state index in [-0.39, 0.29) is 33.9 Å². The molecule has 2 heterocycles. The molecule has 0 radical (unpaired) electrons. The molecule has 2 aromatic heterocycles. The highest BCUT2D eigenvalue weighted by molar-refractivity contribution is 6.34. The van der Waals surface area contributed by atoms with Crippen molar-refractivity contribution in [1.29, 1.82) is 0 Å². The van der Waals surface area contributed by atoms with Crippen molar-refractivity contribution in [2.45, 2.75) is 0 Å². The minimum atomic E-state index is -0.516. The van der Waals surface area contributed by atoms with Crippen LogP contribution in [0.25, 0.3) is 44.8 Å². The number of halogens is 4. The number of nitrogens with one attached hydrogen (secondary N) is 4. The zero-order valence-electron chi connectivity index (χ0n) is 28.1. The first kappa shape index (κ1) is 37.1. The van der Waals surface area contributed by atoms with Crippen molar-refractivity contribution in [3.8, 4) is 22.8 Å². The van der Waals surface area contributed by atoms with E-state index in [0.717, 1.165) is 22.4 Å². The third-order valence-corrected chi connectivity index (χ3v) is 9.23. The number of benzene rings is 6. The molecule has 0 saturated heterocycles. The van der Waals surface area contributed by atoms with Crippen molar-refractivity contribution in [2.75, 3.05) is 10.6 Å². The molecule has 0 saturated carbocycles. The van der Waals surface area contributed by atoms with Crippen LogP contribution in [0.4, 0.5) is 17.1 Å². The van der Waals surface area contributed by atoms with Gasteiger partial charge in [0.25, 0.3) is 17.5 Å². The lowest BCUT2D eigenvalue weighted by Crippen LogP contribution is -2.11. The number of hydrogen-bond donors (Lipinski definition) is 4. The number of nitro groups is 1. The van der Waals surface area contributed by atoms with E-state index in [0.29, 0.717) is 48.6 Å². The van der Waals surface area contributed by atoms with Crippen molar-refractivity contribution < 1.29 is 14.5 Å². The Hall–Kier alpha value is -6.24. The van der Waals surface area contributed by atoms with E-state index in [2.05, 4.69) is 30.6 Å². The van der Waals surface area contributed by atoms with E-state index in [1.54, 1.807) is 84.9 Å². The zero-order valence-corrected chi connectivity index (χ0v) is 31.1. The van der Waals surface area contributed by atoms with Crippen LogP contribution < -0.4 is 10.6 Å². The summed E-state index contributed by atoms with van der Waals surface area (Å²) in [6, 6.07) is 35.9. The lowest BCUT2D eigenvalue weighted by Gasteiger charge is -2.05. The summed E-state index contributed by atoms with van der Waals surface area (Å²) in [7, 11) is 0. The molecule has 4 N–H and O–H groups in total. The van der Waals surface area contributed by atoms with Crippen molar-refractivity contribution in [2.24, 2.45) is 0 Å². The summed E-state index contributed by atoms with van der Waals surface area (Å²) in [4.78, 5) is 51.1. The predicted molar refractivity (Wildman–Crippen MR) is 219 cm³/mol. The van der Waals surface area contributed by atoms with E-state index in [9.17, 15) is 19.7 Å². The molecule has 0 atom stereocenters. The van der Waals surface area contributed by atoms with Gasteiger partial charge in [0.1, 0.15) is 17.2 Å². The molecule has 55 heavy (non-hydrogen) atoms. The molecule has 8 rings (SSSR count). The number of fused-ring (bicyclic) bond motifs is 2. The number of carbonyl (C=O) groups is 2. The van der Waals surface area contributed by atoms with Gasteiger partial charge in [-0.1, -0.05) is 64.6 Å². The van der Waals surface area contributed by atoms with Crippen LogP contribution in [0.5, 0.6) is 0 Å². The number of aromatic amines is 2. The van der Waals surface area contributed by atoms with E-state index >= 15 is 0 Å². The van der Waals surface area contributed by atoms with Gasteiger partial charge in [-0.2, -0.15) is 0 Å². The van der Waals surface area contributed by atoms with E-state index in [4.69, 9.17) is 46.4 Å². The van der Waals surface area contributed by atoms with Crippen LogP contribution in [0.15, 0.2) is 127 Å². The Morgan fingerprint density at radius 2 is 1.09 bits per heavy atom. The molecule has 0 aliphatic rings. The second kappa shape index (κ2) is 16.0. The molecule has 11 nitrogen and oxygen atoms in total. The van der Waals surface area contributed by atoms with E-state index < -0.39 is 4.92 Å². The molecule has 15 heteroatoms. The predicted octanol–water partition coefficient (Wildman–Crippen LogP) is 11.5. The first-order valence-corrected chi connectivity index (χ1v) is 17.8. The maximum absolute atomic E-state index is 12.5. The van der Waals surface area contributed by atoms with Crippen molar-refractivity contribution in [3.05, 3.63) is 169 Å². The highest BCUT2D eigenvalue weighted by atomic mass is 35.5. The van der Waals surface area contributed by atoms with Gasteiger partial charge in [0.2, 0.25) is 0 Å². The molecule has 0 aliphatic carbocycles. The fraction of sp³-hybridized carbons (Fsp3) is 0. The summed E-state index contributed by atoms with van der Waals surface area (Å²) < 4.78 is 0. The van der Waals surface area contributed by atoms with Crippen LogP contribution in [0, 0.1) is 10.1 Å². The second-order valence-corrected chi connectivity index (χ2v) is 13.7. The number of nitro benzene ring substituents is 1. The fourth-order valence-electron chi connectivity index (χ4n) is 5.60. The lowest BCUT2D eigenvalue weighted by atomic mass is 10.1. The molecular formula is C40H25Cl4N7O4. The first-order chi connectivity index (χ1) is 26.5. The van der Waals surface area contributed by atoms with Gasteiger partial charge >= 0.3 is 0 Å². The van der Waals surface area contributed by atoms with Gasteiger partial charge in [-0.25, -0.2) is 9.97 Å². The number of carbonyl (C=O) groups excluding carboxylic acids is 2. The van der Waals surface area contributed by atoms with Crippen molar-refractivity contribution in [3.63, 3.8) is 0 Å². The monoisotopic (exact) mass is 807 g/mol. The summed E-state index contributed by atoms with van der Waals surface area (Å²) in [6.45, 7) is 0. The largest absolute Gasteiger partial charge is 0.338 e. The van der Waals surface area contributed by atoms with Crippen LogP contribution >= 0.6 is 46.4 Å². The van der Waals surface area contributed by atoms with Crippen molar-refractivity contribution >= 4 is 97.3 Å². The minimum absolute atomic E-state index is 0.157. The van der Waals surface area contributed by atoms with E-state index in [1.165, 1.54) is 12.1 Å². The van der Waals surface area contributed by atoms with Gasteiger partial charge in [0.05, 0.1) is 32.0 Å². The van der Waals surface area contributed by atoms with Crippen molar-refractivity contribution in [1.82, 2.24) is 19.9 Å². The molecule has 2 amide bonds. The Morgan fingerprint density at radius 1 is 0.582 bits per heavy atom. The first-order valence-electron chi connectivity index (χ1n) is 16.3. The fourth-order valence-corrected chi connectivity index (χ4v) is 6.37. The van der Waals surface area contributed by atoms with Gasteiger partial charge in [-0.05, 0) is 103 Å². The Kier molecular flexibility index (Phi) is 10.8. The molecule has 8 aromatic rings. The van der Waals surface area contributed by atoms with Crippen LogP contribution in [0.1, 0.15) is 20.7 Å². The van der Waals surface area contributed by atoms with Crippen LogP contribution in [-0.2, 0) is 0 Å². The van der Waals surface area contributed by atoms with Gasteiger partial charge < -0.3 is 20.6 Å². The summed E-state index contributed by atoms with van der Waals surface area (Å²) in [5.74, 6) is 0.444. The Morgan fingerprint density at radius 3 is 1.62 bits per heavy atom. The van der Waals surface area contributed by atoms with Crippen LogP contribution in [-0.4, -0.2) is 36.7 Å². The van der Waals surface area contributed by atoms with Crippen LogP contribution in [0.2, 0.25) is 20.1 Å². The standard InChI is InChI=1S/C20H12Cl2N4O3.C20H13Cl2N3O/c21-12-3-1-4-13(10-12)23-20(27)11-7-8-15-16(9-11)25-19(24-15)18-14(22)5-2-6-17(18)26(28)29;21-14-7-4-12(5-8-14)19-24-17-9-6-13(10-18(17)25-19)20(26)23-16-3-1-2-15(22)11-16/h1-10H,(H,23,27)(H,24,25);1-11H,(H,23,26)(H,24,25). The number of H-pyrrole nitrogens is 2. The molecule has 0 bridgehead atoms. The Bertz CT molecular complexity index is 2750. The summed E-state index contributed by atoms with van der Waals surface area (Å²) in [5, 5.41) is 18.9. The average Bonchev–Trinajstić information content (AvgIpc) is 3.79. The summed E-state index contributed by atoms with van der Waals surface area (Å²) in [6.07, 6.45) is 0. The maximum Gasteiger partial charge on any atom is 0.281 e. The number of aromatic nitrogens is 4. The summed E-state index contributed by atoms with van der Waals surface area (Å²) >= 11 is 24.0. The normalized spacial score (nSPS) is 10.8. The van der Waals surface area contributed by atoms with Gasteiger partial charge in [0.15, 0.2) is 0 Å². The number of imidazole rings is 2. The van der Waals surface area contributed by atoms with Crippen LogP contribution in [0.3, 0.4) is 0 Å². The molecule has 0 spiro atoms. The Balaban J connectivity index is 0.000000170. The molecule has 272 valence electrons. The van der Waals surface area contributed by atoms with Gasteiger partial charge in [0, 0.05) is 49.2 Å². The third kappa shape index (κ3) is 8.61. The van der Waals surface area contributed by atoms with Gasteiger partial charge in [-0.15, -0.1) is 0 Å². The molecule has 0 aliphatic heterocycles. The smallest absolute Gasteiger partial charge is 0.281 e. The molecular weight excluding hydrogens is 784 g/mol. The second-order valence-electron chi connectivity index (χ2n) is 12.0. The minimum Gasteiger partial charge on any atom is -0.338 e. The molecule has 0 unspecified atom stereocenters. The SMILES string of the molecule is O=C(Nc1cccc(Cl)c1)c1ccc2nc(-c3c(Cl)cccc3[N+](=O)[O-])[nH]c2c1.O=C(Nc1cccc(Cl)c1)c1ccc2nc(-c3ccc(Cl)cc3)[nH]c2c1. The summed E-state index contributed by atoms with van der Waals surface area (Å²) in [5.41, 5.74) is 5.77.